The van der Waals surface area contributed by atoms with Gasteiger partial charge in [0.15, 0.2) is 0 Å². The smallest absolute Gasteiger partial charge is 0.269 e. The minimum absolute atomic E-state index is 0.158. The maximum Gasteiger partial charge on any atom is 0.269 e. The van der Waals surface area contributed by atoms with Crippen molar-refractivity contribution >= 4 is 11.4 Å². The number of methoxy groups -OCH3 is 1. The van der Waals surface area contributed by atoms with Crippen molar-refractivity contribution in [1.29, 1.82) is 0 Å². The molecule has 0 aromatic heterocycles. The van der Waals surface area contributed by atoms with Crippen LogP contribution in [0.3, 0.4) is 0 Å². The van der Waals surface area contributed by atoms with Crippen LogP contribution in [0.15, 0.2) is 46.8 Å². The molecule has 0 amide bonds. The molecule has 142 valence electrons. The highest BCUT2D eigenvalue weighted by molar-refractivity contribution is 6.11. The van der Waals surface area contributed by atoms with Gasteiger partial charge in [-0.15, -0.1) is 0 Å². The Balaban J connectivity index is 1.75. The van der Waals surface area contributed by atoms with Gasteiger partial charge in [-0.05, 0) is 51.3 Å². The minimum Gasteiger partial charge on any atom is -0.497 e. The fourth-order valence-corrected chi connectivity index (χ4v) is 3.94. The summed E-state index contributed by atoms with van der Waals surface area (Å²) < 4.78 is 5.36. The highest BCUT2D eigenvalue weighted by Gasteiger charge is 2.49. The number of hydrazone groups is 1. The Labute approximate surface area is 157 Å². The average Bonchev–Trinajstić information content (AvgIpc) is 3.01. The first-order valence-electron chi connectivity index (χ1n) is 9.01. The lowest BCUT2D eigenvalue weighted by atomic mass is 9.80. The number of benzene rings is 1. The minimum atomic E-state index is -0.418. The number of nitrogens with one attached hydrogen (secondary N) is 1. The Morgan fingerprint density at radius 1 is 1.37 bits per heavy atom. The molecule has 4 rings (SSSR count). The summed E-state index contributed by atoms with van der Waals surface area (Å²) >= 11 is 0. The van der Waals surface area contributed by atoms with Crippen molar-refractivity contribution < 1.29 is 9.66 Å². The highest BCUT2D eigenvalue weighted by atomic mass is 16.6. The molecule has 8 nitrogen and oxygen atoms in total. The molecule has 0 saturated heterocycles. The van der Waals surface area contributed by atoms with Crippen molar-refractivity contribution in [2.24, 2.45) is 11.0 Å². The molecular formula is C19H23N5O3. The number of fused-ring (bicyclic) bond motifs is 2. The Kier molecular flexibility index (Phi) is 4.35. The molecule has 2 atom stereocenters. The monoisotopic (exact) mass is 369 g/mol. The van der Waals surface area contributed by atoms with Crippen LogP contribution in [0, 0.1) is 16.0 Å². The molecule has 2 heterocycles. The molecule has 0 bridgehead atoms. The molecule has 1 aromatic carbocycles. The number of anilines is 1. The Hall–Kier alpha value is -2.87. The average molecular weight is 369 g/mol. The summed E-state index contributed by atoms with van der Waals surface area (Å²) in [4.78, 5) is 13.4. The van der Waals surface area contributed by atoms with E-state index in [1.807, 2.05) is 43.4 Å². The van der Waals surface area contributed by atoms with Crippen LogP contribution >= 0.6 is 0 Å². The summed E-state index contributed by atoms with van der Waals surface area (Å²) in [7, 11) is 5.72. The third kappa shape index (κ3) is 2.95. The summed E-state index contributed by atoms with van der Waals surface area (Å²) in [5.41, 5.74) is 3.85. The van der Waals surface area contributed by atoms with Gasteiger partial charge in [0.1, 0.15) is 11.8 Å². The van der Waals surface area contributed by atoms with E-state index in [0.29, 0.717) is 0 Å². The molecule has 8 heteroatoms. The van der Waals surface area contributed by atoms with Crippen LogP contribution in [0.2, 0.25) is 0 Å². The van der Waals surface area contributed by atoms with Crippen LogP contribution in [-0.4, -0.2) is 60.9 Å². The van der Waals surface area contributed by atoms with E-state index in [2.05, 4.69) is 10.2 Å². The van der Waals surface area contributed by atoms with E-state index in [4.69, 9.17) is 9.84 Å². The number of hydrogen-bond donors (Lipinski definition) is 1. The zero-order chi connectivity index (χ0) is 19.1. The number of nitrogens with zero attached hydrogens (tertiary/aromatic N) is 4. The molecule has 2 aliphatic heterocycles. The Morgan fingerprint density at radius 2 is 2.19 bits per heavy atom. The first-order valence-corrected chi connectivity index (χ1v) is 9.01. The van der Waals surface area contributed by atoms with Crippen LogP contribution < -0.4 is 10.1 Å². The van der Waals surface area contributed by atoms with Gasteiger partial charge in [-0.2, -0.15) is 5.10 Å². The van der Waals surface area contributed by atoms with Gasteiger partial charge in [-0.1, -0.05) is 0 Å². The summed E-state index contributed by atoms with van der Waals surface area (Å²) in [6.07, 6.45) is 4.41. The van der Waals surface area contributed by atoms with E-state index in [0.717, 1.165) is 47.9 Å². The second-order valence-corrected chi connectivity index (χ2v) is 7.22. The molecule has 3 aliphatic rings. The zero-order valence-corrected chi connectivity index (χ0v) is 15.7. The van der Waals surface area contributed by atoms with Gasteiger partial charge in [-0.3, -0.25) is 15.1 Å². The first kappa shape index (κ1) is 17.5. The van der Waals surface area contributed by atoms with Crippen LogP contribution in [0.1, 0.15) is 12.0 Å². The fourth-order valence-electron chi connectivity index (χ4n) is 3.94. The number of rotatable bonds is 6. The molecule has 1 aliphatic carbocycles. The third-order valence-corrected chi connectivity index (χ3v) is 5.22. The van der Waals surface area contributed by atoms with Crippen molar-refractivity contribution in [3.05, 3.63) is 57.4 Å². The quantitative estimate of drug-likeness (QED) is 0.611. The fraction of sp³-hybridized carbons (Fsp3) is 0.421. The van der Waals surface area contributed by atoms with E-state index < -0.39 is 6.04 Å². The molecule has 1 aromatic rings. The molecular weight excluding hydrogens is 346 g/mol. The molecule has 0 fully saturated rings. The lowest BCUT2D eigenvalue weighted by Gasteiger charge is -2.33. The first-order chi connectivity index (χ1) is 13.0. The van der Waals surface area contributed by atoms with Gasteiger partial charge in [0.2, 0.25) is 0 Å². The van der Waals surface area contributed by atoms with Gasteiger partial charge in [0.05, 0.1) is 23.7 Å². The second kappa shape index (κ2) is 6.70. The standard InChI is InChI=1S/C19H23N5O3/c1-22(2)9-4-10-23-15-7-8-16(24(25)26)19-17(15)18(21-23)13-11-12(27-3)5-6-14(13)20-19/h5-8,11,17,19-20H,4,9-10H2,1-3H3. The SMILES string of the molecule is COc1ccc2c(c1)C1=NN(CCCN(C)C)C3=CC=C([N+](=O)[O-])C(N2)C31. The van der Waals surface area contributed by atoms with Crippen molar-refractivity contribution in [1.82, 2.24) is 9.91 Å². The Morgan fingerprint density at radius 3 is 2.89 bits per heavy atom. The second-order valence-electron chi connectivity index (χ2n) is 7.22. The summed E-state index contributed by atoms with van der Waals surface area (Å²) in [5.74, 6) is 0.587. The van der Waals surface area contributed by atoms with Crippen LogP contribution in [-0.2, 0) is 0 Å². The van der Waals surface area contributed by atoms with Crippen molar-refractivity contribution in [3.63, 3.8) is 0 Å². The normalized spacial score (nSPS) is 22.4. The molecule has 2 unspecified atom stereocenters. The topological polar surface area (TPSA) is 83.2 Å². The number of nitro groups is 1. The predicted octanol–water partition coefficient (Wildman–Crippen LogP) is 2.13. The molecule has 0 saturated carbocycles. The number of hydrogen-bond acceptors (Lipinski definition) is 7. The number of allylic oxidation sites excluding steroid dienone is 2. The zero-order valence-electron chi connectivity index (χ0n) is 15.7. The highest BCUT2D eigenvalue weighted by Crippen LogP contribution is 2.44. The largest absolute Gasteiger partial charge is 0.497 e. The molecule has 0 radical (unpaired) electrons. The van der Waals surface area contributed by atoms with Gasteiger partial charge >= 0.3 is 0 Å². The summed E-state index contributed by atoms with van der Waals surface area (Å²) in [6.45, 7) is 1.74. The van der Waals surface area contributed by atoms with E-state index in [1.54, 1.807) is 13.2 Å². The van der Waals surface area contributed by atoms with E-state index in [-0.39, 0.29) is 16.5 Å². The summed E-state index contributed by atoms with van der Waals surface area (Å²) in [6, 6.07) is 5.28. The van der Waals surface area contributed by atoms with Crippen LogP contribution in [0.4, 0.5) is 5.69 Å². The molecule has 1 N–H and O–H groups in total. The van der Waals surface area contributed by atoms with Crippen molar-refractivity contribution in [2.45, 2.75) is 12.5 Å². The van der Waals surface area contributed by atoms with E-state index >= 15 is 0 Å². The third-order valence-electron chi connectivity index (χ3n) is 5.22. The van der Waals surface area contributed by atoms with Gasteiger partial charge in [0.25, 0.3) is 5.70 Å². The maximum atomic E-state index is 11.6. The maximum absolute atomic E-state index is 11.6. The lowest BCUT2D eigenvalue weighted by Crippen LogP contribution is -2.44. The van der Waals surface area contributed by atoms with Crippen LogP contribution in [0.5, 0.6) is 5.75 Å². The van der Waals surface area contributed by atoms with Crippen molar-refractivity contribution in [2.75, 3.05) is 39.6 Å². The summed E-state index contributed by atoms with van der Waals surface area (Å²) in [5, 5.41) is 21.8. The molecule has 27 heavy (non-hydrogen) atoms. The van der Waals surface area contributed by atoms with Gasteiger partial charge in [-0.25, -0.2) is 0 Å². The predicted molar refractivity (Wildman–Crippen MR) is 103 cm³/mol. The lowest BCUT2D eigenvalue weighted by molar-refractivity contribution is -0.429. The van der Waals surface area contributed by atoms with Gasteiger partial charge in [0, 0.05) is 29.6 Å². The van der Waals surface area contributed by atoms with Gasteiger partial charge < -0.3 is 15.0 Å². The van der Waals surface area contributed by atoms with Crippen LogP contribution in [0.25, 0.3) is 0 Å². The van der Waals surface area contributed by atoms with Crippen molar-refractivity contribution in [3.8, 4) is 5.75 Å². The van der Waals surface area contributed by atoms with E-state index in [9.17, 15) is 10.1 Å². The number of ether oxygens (including phenoxy) is 1. The van der Waals surface area contributed by atoms with E-state index in [1.165, 1.54) is 0 Å². The Bertz CT molecular complexity index is 874. The molecule has 0 spiro atoms.